The number of nitrogens with one attached hydrogen (secondary N) is 1. The summed E-state index contributed by atoms with van der Waals surface area (Å²) in [7, 11) is 0. The summed E-state index contributed by atoms with van der Waals surface area (Å²) in [5.74, 6) is -0.00812. The molecule has 1 N–H and O–H groups in total. The molecular formula is C22H23N3O2. The predicted octanol–water partition coefficient (Wildman–Crippen LogP) is 3.18. The molecule has 2 aliphatic carbocycles. The van der Waals surface area contributed by atoms with Crippen molar-refractivity contribution in [3.05, 3.63) is 71.6 Å². The molecule has 1 aromatic heterocycles. The van der Waals surface area contributed by atoms with Gasteiger partial charge in [-0.15, -0.1) is 0 Å². The maximum atomic E-state index is 12.7. The van der Waals surface area contributed by atoms with Crippen molar-refractivity contribution in [3.8, 4) is 0 Å². The Labute approximate surface area is 159 Å². The van der Waals surface area contributed by atoms with Crippen molar-refractivity contribution < 1.29 is 9.59 Å². The van der Waals surface area contributed by atoms with Crippen LogP contribution in [0.5, 0.6) is 0 Å². The number of benzene rings is 1. The summed E-state index contributed by atoms with van der Waals surface area (Å²) in [6.07, 6.45) is 11.2. The monoisotopic (exact) mass is 361 g/mol. The number of amides is 2. The molecule has 2 aromatic rings. The lowest BCUT2D eigenvalue weighted by atomic mass is 10.1. The van der Waals surface area contributed by atoms with Crippen LogP contribution >= 0.6 is 0 Å². The van der Waals surface area contributed by atoms with Crippen molar-refractivity contribution in [1.82, 2.24) is 15.2 Å². The quantitative estimate of drug-likeness (QED) is 0.771. The van der Waals surface area contributed by atoms with E-state index in [0.717, 1.165) is 36.8 Å². The summed E-state index contributed by atoms with van der Waals surface area (Å²) < 4.78 is 0. The molecule has 1 heterocycles. The maximum absolute atomic E-state index is 12.7. The van der Waals surface area contributed by atoms with E-state index >= 15 is 0 Å². The zero-order valence-corrected chi connectivity index (χ0v) is 15.2. The van der Waals surface area contributed by atoms with Crippen LogP contribution in [0.3, 0.4) is 0 Å². The van der Waals surface area contributed by atoms with Gasteiger partial charge in [0.05, 0.1) is 0 Å². The van der Waals surface area contributed by atoms with Gasteiger partial charge in [-0.05, 0) is 67.2 Å². The Hall–Kier alpha value is -2.95. The number of hydrogen-bond donors (Lipinski definition) is 1. The van der Waals surface area contributed by atoms with Crippen LogP contribution in [-0.4, -0.2) is 33.8 Å². The zero-order valence-electron chi connectivity index (χ0n) is 15.2. The first-order valence-corrected chi connectivity index (χ1v) is 9.47. The van der Waals surface area contributed by atoms with Crippen molar-refractivity contribution in [2.75, 3.05) is 0 Å². The first kappa shape index (κ1) is 17.5. The Morgan fingerprint density at radius 3 is 2.37 bits per heavy atom. The van der Waals surface area contributed by atoms with E-state index in [4.69, 9.17) is 0 Å². The van der Waals surface area contributed by atoms with Gasteiger partial charge in [0.25, 0.3) is 5.91 Å². The molecule has 138 valence electrons. The van der Waals surface area contributed by atoms with Gasteiger partial charge in [-0.25, -0.2) is 0 Å². The summed E-state index contributed by atoms with van der Waals surface area (Å²) >= 11 is 0. The number of nitrogens with zero attached hydrogens (tertiary/aromatic N) is 2. The van der Waals surface area contributed by atoms with Crippen LogP contribution < -0.4 is 5.32 Å². The summed E-state index contributed by atoms with van der Waals surface area (Å²) in [6, 6.07) is 11.9. The van der Waals surface area contributed by atoms with E-state index < -0.39 is 0 Å². The molecule has 5 heteroatoms. The molecule has 5 nitrogen and oxygen atoms in total. The predicted molar refractivity (Wildman–Crippen MR) is 104 cm³/mol. The Morgan fingerprint density at radius 2 is 1.74 bits per heavy atom. The highest BCUT2D eigenvalue weighted by Crippen LogP contribution is 2.28. The number of carbonyl (C=O) groups is 2. The minimum atomic E-state index is -0.0265. The van der Waals surface area contributed by atoms with Crippen LogP contribution in [0.4, 0.5) is 0 Å². The molecule has 4 rings (SSSR count). The number of carbonyl (C=O) groups excluding carboxylic acids is 2. The van der Waals surface area contributed by atoms with Crippen LogP contribution in [0.15, 0.2) is 54.9 Å². The van der Waals surface area contributed by atoms with Gasteiger partial charge in [0, 0.05) is 42.7 Å². The minimum absolute atomic E-state index is 0.0184. The molecule has 0 spiro atoms. The second-order valence-corrected chi connectivity index (χ2v) is 7.26. The Bertz CT molecular complexity index is 838. The molecule has 2 fully saturated rings. The van der Waals surface area contributed by atoms with Gasteiger partial charge < -0.3 is 10.2 Å². The van der Waals surface area contributed by atoms with E-state index in [-0.39, 0.29) is 11.8 Å². The molecule has 0 saturated heterocycles. The topological polar surface area (TPSA) is 62.3 Å². The van der Waals surface area contributed by atoms with Gasteiger partial charge >= 0.3 is 0 Å². The van der Waals surface area contributed by atoms with E-state index in [1.165, 1.54) is 0 Å². The normalized spacial score (nSPS) is 16.3. The van der Waals surface area contributed by atoms with E-state index in [1.807, 2.05) is 35.2 Å². The van der Waals surface area contributed by atoms with Crippen molar-refractivity contribution in [3.63, 3.8) is 0 Å². The highest BCUT2D eigenvalue weighted by atomic mass is 16.2. The van der Waals surface area contributed by atoms with Gasteiger partial charge in [0.2, 0.25) is 5.91 Å². The van der Waals surface area contributed by atoms with Crippen molar-refractivity contribution in [2.45, 2.75) is 44.3 Å². The average Bonchev–Trinajstić information content (AvgIpc) is 3.60. The van der Waals surface area contributed by atoms with Gasteiger partial charge in [-0.2, -0.15) is 0 Å². The van der Waals surface area contributed by atoms with Gasteiger partial charge in [-0.1, -0.05) is 12.1 Å². The molecule has 0 radical (unpaired) electrons. The standard InChI is InChI=1S/C22H23N3O2/c26-21(25(20-8-9-20)15-17-11-13-23-14-12-17)10-3-16-1-4-18(5-2-16)22(27)24-19-6-7-19/h1-5,10-14,19-20H,6-9,15H2,(H,24,27)/b10-3+. The van der Waals surface area contributed by atoms with Crippen molar-refractivity contribution in [2.24, 2.45) is 0 Å². The first-order chi connectivity index (χ1) is 13.2. The third-order valence-corrected chi connectivity index (χ3v) is 4.88. The molecule has 0 atom stereocenters. The molecular weight excluding hydrogens is 338 g/mol. The fourth-order valence-electron chi connectivity index (χ4n) is 2.96. The molecule has 0 unspecified atom stereocenters. The van der Waals surface area contributed by atoms with Crippen LogP contribution in [0.2, 0.25) is 0 Å². The largest absolute Gasteiger partial charge is 0.349 e. The van der Waals surface area contributed by atoms with Crippen molar-refractivity contribution >= 4 is 17.9 Å². The molecule has 27 heavy (non-hydrogen) atoms. The Balaban J connectivity index is 1.38. The van der Waals surface area contributed by atoms with E-state index in [2.05, 4.69) is 10.3 Å². The lowest BCUT2D eigenvalue weighted by Crippen LogP contribution is -2.31. The highest BCUT2D eigenvalue weighted by molar-refractivity contribution is 5.95. The molecule has 2 aliphatic rings. The molecule has 0 bridgehead atoms. The fourth-order valence-corrected chi connectivity index (χ4v) is 2.96. The lowest BCUT2D eigenvalue weighted by molar-refractivity contribution is -0.127. The SMILES string of the molecule is O=C(NC1CC1)c1ccc(/C=C/C(=O)N(Cc2ccncc2)C2CC2)cc1. The second-order valence-electron chi connectivity index (χ2n) is 7.26. The van der Waals surface area contributed by atoms with Gasteiger partial charge in [-0.3, -0.25) is 14.6 Å². The summed E-state index contributed by atoms with van der Waals surface area (Å²) in [4.78, 5) is 30.6. The maximum Gasteiger partial charge on any atom is 0.251 e. The number of hydrogen-bond acceptors (Lipinski definition) is 3. The van der Waals surface area contributed by atoms with Crippen molar-refractivity contribution in [1.29, 1.82) is 0 Å². The van der Waals surface area contributed by atoms with Crippen LogP contribution in [0.1, 0.15) is 47.2 Å². The smallest absolute Gasteiger partial charge is 0.251 e. The van der Waals surface area contributed by atoms with E-state index in [1.54, 1.807) is 30.6 Å². The van der Waals surface area contributed by atoms with E-state index in [0.29, 0.717) is 24.2 Å². The lowest BCUT2D eigenvalue weighted by Gasteiger charge is -2.20. The molecule has 0 aliphatic heterocycles. The van der Waals surface area contributed by atoms with Crippen LogP contribution in [0, 0.1) is 0 Å². The minimum Gasteiger partial charge on any atom is -0.349 e. The fraction of sp³-hybridized carbons (Fsp3) is 0.318. The molecule has 1 aromatic carbocycles. The average molecular weight is 361 g/mol. The van der Waals surface area contributed by atoms with Gasteiger partial charge in [0.1, 0.15) is 0 Å². The van der Waals surface area contributed by atoms with Gasteiger partial charge in [0.15, 0.2) is 0 Å². The van der Waals surface area contributed by atoms with Crippen LogP contribution in [0.25, 0.3) is 6.08 Å². The summed E-state index contributed by atoms with van der Waals surface area (Å²) in [5, 5.41) is 2.98. The van der Waals surface area contributed by atoms with Crippen LogP contribution in [-0.2, 0) is 11.3 Å². The summed E-state index contributed by atoms with van der Waals surface area (Å²) in [6.45, 7) is 0.608. The second kappa shape index (κ2) is 7.74. The zero-order chi connectivity index (χ0) is 18.6. The number of rotatable bonds is 7. The third kappa shape index (κ3) is 4.82. The highest BCUT2D eigenvalue weighted by Gasteiger charge is 2.31. The summed E-state index contributed by atoms with van der Waals surface area (Å²) in [5.41, 5.74) is 2.65. The Kier molecular flexibility index (Phi) is 5.01. The molecule has 2 saturated carbocycles. The number of aromatic nitrogens is 1. The van der Waals surface area contributed by atoms with E-state index in [9.17, 15) is 9.59 Å². The molecule has 2 amide bonds. The third-order valence-electron chi connectivity index (χ3n) is 4.88. The Morgan fingerprint density at radius 1 is 1.04 bits per heavy atom. The first-order valence-electron chi connectivity index (χ1n) is 9.47. The number of pyridine rings is 1.